The summed E-state index contributed by atoms with van der Waals surface area (Å²) in [6, 6.07) is 13.1. The van der Waals surface area contributed by atoms with E-state index in [1.54, 1.807) is 18.2 Å². The number of nitrogens with zero attached hydrogens (tertiary/aromatic N) is 1. The molecule has 1 aromatic heterocycles. The first kappa shape index (κ1) is 16.0. The van der Waals surface area contributed by atoms with Gasteiger partial charge >= 0.3 is 0 Å². The maximum absolute atomic E-state index is 12.8. The van der Waals surface area contributed by atoms with Crippen molar-refractivity contribution in [2.75, 3.05) is 0 Å². The zero-order valence-electron chi connectivity index (χ0n) is 13.0. The second kappa shape index (κ2) is 6.30. The lowest BCUT2D eigenvalue weighted by Crippen LogP contribution is -2.20. The molecule has 3 aromatic rings. The normalized spacial score (nSPS) is 12.5. The van der Waals surface area contributed by atoms with Crippen molar-refractivity contribution in [1.82, 2.24) is 9.55 Å². The number of rotatable bonds is 3. The zero-order valence-corrected chi connectivity index (χ0v) is 14.5. The van der Waals surface area contributed by atoms with E-state index in [1.165, 1.54) is 10.1 Å². The van der Waals surface area contributed by atoms with Gasteiger partial charge < -0.3 is 4.98 Å². The number of nitrogens with one attached hydrogen (secondary N) is 1. The molecule has 5 heteroatoms. The van der Waals surface area contributed by atoms with Crippen LogP contribution >= 0.6 is 23.8 Å². The lowest BCUT2D eigenvalue weighted by molar-refractivity contribution is 0.733. The number of fused-ring (bicyclic) bond motifs is 1. The number of benzene rings is 2. The van der Waals surface area contributed by atoms with Crippen LogP contribution in [0.1, 0.15) is 31.7 Å². The van der Waals surface area contributed by atoms with Gasteiger partial charge in [0.05, 0.1) is 16.6 Å². The molecule has 1 heterocycles. The molecule has 2 aromatic carbocycles. The van der Waals surface area contributed by atoms with Crippen molar-refractivity contribution in [3.8, 4) is 5.69 Å². The van der Waals surface area contributed by atoms with E-state index in [0.29, 0.717) is 26.6 Å². The summed E-state index contributed by atoms with van der Waals surface area (Å²) >= 11 is 11.3. The van der Waals surface area contributed by atoms with E-state index in [0.717, 1.165) is 12.1 Å². The summed E-state index contributed by atoms with van der Waals surface area (Å²) < 4.78 is 1.88. The highest BCUT2D eigenvalue weighted by Gasteiger charge is 2.09. The van der Waals surface area contributed by atoms with Gasteiger partial charge in [0.25, 0.3) is 5.56 Å². The van der Waals surface area contributed by atoms with Crippen LogP contribution in [0.3, 0.4) is 0 Å². The molecule has 0 bridgehead atoms. The predicted molar refractivity (Wildman–Crippen MR) is 98.4 cm³/mol. The van der Waals surface area contributed by atoms with Gasteiger partial charge in [0.2, 0.25) is 0 Å². The first-order valence-electron chi connectivity index (χ1n) is 7.56. The van der Waals surface area contributed by atoms with Crippen LogP contribution in [0.2, 0.25) is 5.02 Å². The second-order valence-electron chi connectivity index (χ2n) is 5.66. The summed E-state index contributed by atoms with van der Waals surface area (Å²) in [5, 5.41) is 1.13. The van der Waals surface area contributed by atoms with Crippen molar-refractivity contribution in [2.24, 2.45) is 0 Å². The van der Waals surface area contributed by atoms with Crippen molar-refractivity contribution in [2.45, 2.75) is 26.2 Å². The summed E-state index contributed by atoms with van der Waals surface area (Å²) in [6.45, 7) is 4.35. The summed E-state index contributed by atoms with van der Waals surface area (Å²) in [5.74, 6) is 0.494. The molecule has 0 radical (unpaired) electrons. The van der Waals surface area contributed by atoms with E-state index in [9.17, 15) is 4.79 Å². The van der Waals surface area contributed by atoms with Gasteiger partial charge in [-0.05, 0) is 60.5 Å². The lowest BCUT2D eigenvalue weighted by atomic mass is 9.98. The van der Waals surface area contributed by atoms with Crippen molar-refractivity contribution >= 4 is 34.7 Å². The van der Waals surface area contributed by atoms with Gasteiger partial charge in [-0.25, -0.2) is 0 Å². The fraction of sp³-hybridized carbons (Fsp3) is 0.222. The van der Waals surface area contributed by atoms with Gasteiger partial charge in [0.1, 0.15) is 0 Å². The summed E-state index contributed by atoms with van der Waals surface area (Å²) in [7, 11) is 0. The highest BCUT2D eigenvalue weighted by molar-refractivity contribution is 7.71. The molecule has 0 amide bonds. The highest BCUT2D eigenvalue weighted by atomic mass is 35.5. The van der Waals surface area contributed by atoms with E-state index in [1.807, 2.05) is 12.1 Å². The van der Waals surface area contributed by atoms with Crippen LogP contribution < -0.4 is 5.56 Å². The molecule has 0 unspecified atom stereocenters. The number of hydrogen-bond acceptors (Lipinski definition) is 2. The van der Waals surface area contributed by atoms with Gasteiger partial charge in [-0.2, -0.15) is 0 Å². The zero-order chi connectivity index (χ0) is 16.6. The van der Waals surface area contributed by atoms with Crippen LogP contribution in [0.5, 0.6) is 0 Å². The Balaban J connectivity index is 2.18. The molecule has 0 aliphatic carbocycles. The maximum atomic E-state index is 12.8. The number of aromatic amines is 1. The molecule has 0 aliphatic heterocycles. The molecule has 0 saturated carbocycles. The third kappa shape index (κ3) is 2.96. The van der Waals surface area contributed by atoms with E-state index in [-0.39, 0.29) is 5.56 Å². The molecule has 118 valence electrons. The van der Waals surface area contributed by atoms with Crippen LogP contribution in [0, 0.1) is 4.77 Å². The maximum Gasteiger partial charge on any atom is 0.266 e. The van der Waals surface area contributed by atoms with E-state index in [2.05, 4.69) is 31.0 Å². The van der Waals surface area contributed by atoms with Crippen molar-refractivity contribution in [3.63, 3.8) is 0 Å². The Morgan fingerprint density at radius 3 is 2.57 bits per heavy atom. The van der Waals surface area contributed by atoms with Crippen LogP contribution in [0.4, 0.5) is 0 Å². The molecule has 0 saturated heterocycles. The largest absolute Gasteiger partial charge is 0.331 e. The molecule has 23 heavy (non-hydrogen) atoms. The monoisotopic (exact) mass is 344 g/mol. The Kier molecular flexibility index (Phi) is 4.37. The average Bonchev–Trinajstić information content (AvgIpc) is 2.54. The van der Waals surface area contributed by atoms with E-state index < -0.39 is 0 Å². The predicted octanol–water partition coefficient (Wildman–Crippen LogP) is 5.22. The summed E-state index contributed by atoms with van der Waals surface area (Å²) in [5.41, 5.74) is 2.53. The second-order valence-corrected chi connectivity index (χ2v) is 6.48. The Hall–Kier alpha value is -1.91. The van der Waals surface area contributed by atoms with Gasteiger partial charge in [0, 0.05) is 5.02 Å². The molecule has 3 nitrogen and oxygen atoms in total. The minimum absolute atomic E-state index is 0.142. The van der Waals surface area contributed by atoms with E-state index >= 15 is 0 Å². The third-order valence-electron chi connectivity index (χ3n) is 4.19. The van der Waals surface area contributed by atoms with Crippen molar-refractivity contribution < 1.29 is 0 Å². The van der Waals surface area contributed by atoms with Gasteiger partial charge in [0.15, 0.2) is 4.77 Å². The van der Waals surface area contributed by atoms with Crippen LogP contribution in [0.25, 0.3) is 16.6 Å². The number of hydrogen-bond donors (Lipinski definition) is 1. The first-order valence-corrected chi connectivity index (χ1v) is 8.35. The molecule has 1 atom stereocenters. The van der Waals surface area contributed by atoms with Crippen LogP contribution in [0.15, 0.2) is 47.3 Å². The highest BCUT2D eigenvalue weighted by Crippen LogP contribution is 2.20. The van der Waals surface area contributed by atoms with Crippen molar-refractivity contribution in [3.05, 3.63) is 68.2 Å². The first-order chi connectivity index (χ1) is 11.0. The molecule has 0 fully saturated rings. The molecular formula is C18H17ClN2OS. The smallest absolute Gasteiger partial charge is 0.266 e. The Labute approximate surface area is 144 Å². The topological polar surface area (TPSA) is 37.8 Å². The van der Waals surface area contributed by atoms with Crippen LogP contribution in [-0.2, 0) is 0 Å². The van der Waals surface area contributed by atoms with Gasteiger partial charge in [-0.15, -0.1) is 0 Å². The Morgan fingerprint density at radius 1 is 1.22 bits per heavy atom. The number of aromatic nitrogens is 2. The Bertz CT molecular complexity index is 973. The summed E-state index contributed by atoms with van der Waals surface area (Å²) in [4.78, 5) is 15.8. The third-order valence-corrected chi connectivity index (χ3v) is 4.71. The van der Waals surface area contributed by atoms with Crippen LogP contribution in [-0.4, -0.2) is 9.55 Å². The standard InChI is InChI=1S/C18H17ClN2OS/c1-3-11(2)12-4-7-14(8-5-12)21-17(22)15-9-6-13(19)10-16(15)20-18(21)23/h4-11H,3H2,1-2H3,(H,20,23)/t11-/m0/s1. The number of H-pyrrole nitrogens is 1. The average molecular weight is 345 g/mol. The SMILES string of the molecule is CC[C@H](C)c1ccc(-n2c(=S)[nH]c3cc(Cl)ccc3c2=O)cc1. The van der Waals surface area contributed by atoms with Crippen molar-refractivity contribution in [1.29, 1.82) is 0 Å². The molecular weight excluding hydrogens is 328 g/mol. The molecule has 1 N–H and O–H groups in total. The fourth-order valence-electron chi connectivity index (χ4n) is 2.61. The molecule has 0 spiro atoms. The minimum atomic E-state index is -0.142. The minimum Gasteiger partial charge on any atom is -0.331 e. The number of halogens is 1. The quantitative estimate of drug-likeness (QED) is 0.662. The Morgan fingerprint density at radius 2 is 1.91 bits per heavy atom. The van der Waals surface area contributed by atoms with Gasteiger partial charge in [-0.3, -0.25) is 9.36 Å². The molecule has 0 aliphatic rings. The lowest BCUT2D eigenvalue weighted by Gasteiger charge is -2.12. The summed E-state index contributed by atoms with van der Waals surface area (Å²) in [6.07, 6.45) is 1.08. The molecule has 3 rings (SSSR count). The van der Waals surface area contributed by atoms with E-state index in [4.69, 9.17) is 23.8 Å². The fourth-order valence-corrected chi connectivity index (χ4v) is 3.08. The van der Waals surface area contributed by atoms with Gasteiger partial charge in [-0.1, -0.05) is 37.6 Å².